The van der Waals surface area contributed by atoms with E-state index >= 15 is 0 Å². The van der Waals surface area contributed by atoms with Crippen LogP contribution in [0.15, 0.2) is 65.6 Å². The van der Waals surface area contributed by atoms with Crippen LogP contribution in [-0.4, -0.2) is 52.5 Å². The molecule has 0 spiro atoms. The summed E-state index contributed by atoms with van der Waals surface area (Å²) in [5, 5.41) is 0. The Labute approximate surface area is 281 Å². The third kappa shape index (κ3) is 6.68. The van der Waals surface area contributed by atoms with E-state index < -0.39 is 72.1 Å². The molecule has 49 heavy (non-hydrogen) atoms. The maximum atomic E-state index is 14.6. The first-order valence-corrected chi connectivity index (χ1v) is 19.3. The molecule has 264 valence electrons. The van der Waals surface area contributed by atoms with Gasteiger partial charge in [-0.1, -0.05) is 12.1 Å². The summed E-state index contributed by atoms with van der Waals surface area (Å²) in [5.74, 6) is -2.19. The second-order valence-electron chi connectivity index (χ2n) is 13.0. The summed E-state index contributed by atoms with van der Waals surface area (Å²) in [7, 11) is -7.68. The van der Waals surface area contributed by atoms with Crippen LogP contribution >= 0.6 is 0 Å². The Morgan fingerprint density at radius 1 is 0.959 bits per heavy atom. The summed E-state index contributed by atoms with van der Waals surface area (Å²) < 4.78 is 128. The van der Waals surface area contributed by atoms with Gasteiger partial charge in [-0.3, -0.25) is 4.79 Å². The van der Waals surface area contributed by atoms with Crippen LogP contribution in [0.2, 0.25) is 0 Å². The van der Waals surface area contributed by atoms with Crippen molar-refractivity contribution in [3.63, 3.8) is 0 Å². The molecule has 1 saturated heterocycles. The Kier molecular flexibility index (Phi) is 9.33. The maximum absolute atomic E-state index is 14.6. The third-order valence-electron chi connectivity index (χ3n) is 10.0. The Balaban J connectivity index is 1.32. The van der Waals surface area contributed by atoms with Gasteiger partial charge in [0.15, 0.2) is 9.84 Å². The molecule has 3 aromatic rings. The lowest BCUT2D eigenvalue weighted by atomic mass is 9.78. The summed E-state index contributed by atoms with van der Waals surface area (Å²) >= 11 is 0. The summed E-state index contributed by atoms with van der Waals surface area (Å²) in [4.78, 5) is 15.5. The van der Waals surface area contributed by atoms with Crippen LogP contribution in [0.1, 0.15) is 60.8 Å². The number of amides is 1. The fourth-order valence-corrected chi connectivity index (χ4v) is 11.0. The number of carbonyl (C=O) groups is 1. The van der Waals surface area contributed by atoms with E-state index in [1.807, 2.05) is 0 Å². The summed E-state index contributed by atoms with van der Waals surface area (Å²) in [6.07, 6.45) is -1.31. The minimum absolute atomic E-state index is 0.0471. The van der Waals surface area contributed by atoms with Crippen molar-refractivity contribution in [1.29, 1.82) is 0 Å². The van der Waals surface area contributed by atoms with Gasteiger partial charge in [0.2, 0.25) is 15.9 Å². The summed E-state index contributed by atoms with van der Waals surface area (Å²) in [6, 6.07) is 10.6. The van der Waals surface area contributed by atoms with Gasteiger partial charge in [-0.25, -0.2) is 30.3 Å². The zero-order chi connectivity index (χ0) is 35.4. The number of sulfonamides is 1. The molecule has 1 amide bonds. The predicted molar refractivity (Wildman–Crippen MR) is 170 cm³/mol. The molecule has 3 aliphatic rings. The van der Waals surface area contributed by atoms with Gasteiger partial charge in [0.1, 0.15) is 28.7 Å². The SMILES string of the molecule is CS(=O)(=O)NC1CCC(C(=O)N2CC[C@@]3(S(=O)(=O)c4ccc(F)cc4)c4ccc(OCc5c(F)cccc5C(F)(F)F)cc4CC[C@@H]23)CC1. The molecule has 2 atom stereocenters. The first-order valence-electron chi connectivity index (χ1n) is 15.9. The molecule has 2 aliphatic carbocycles. The molecular formula is C34H35F5N2O6S2. The molecule has 15 heteroatoms. The van der Waals surface area contributed by atoms with Crippen molar-refractivity contribution < 1.29 is 48.3 Å². The quantitative estimate of drug-likeness (QED) is 0.229. The van der Waals surface area contributed by atoms with E-state index in [-0.39, 0.29) is 42.0 Å². The minimum Gasteiger partial charge on any atom is -0.489 e. The Morgan fingerprint density at radius 3 is 2.31 bits per heavy atom. The number of hydrogen-bond donors (Lipinski definition) is 1. The topological polar surface area (TPSA) is 110 Å². The Hall–Kier alpha value is -3.56. The standard InChI is InChI=1S/C34H35F5N2O6S2/c1-48(43,44)40-24-10-5-21(6-11-24)32(42)41-18-17-33(49(45,46)26-13-8-23(35)9-14-26)28-15-12-25(19-22(28)7-16-31(33)41)47-20-27-29(34(37,38)39)3-2-4-30(27)36/h2-4,8-9,12-15,19,21,24,31,40H,5-7,10-11,16-18,20H2,1H3/t21?,24?,31-,33-/m1/s1. The highest BCUT2D eigenvalue weighted by Gasteiger charge is 2.61. The molecule has 0 aromatic heterocycles. The van der Waals surface area contributed by atoms with Crippen molar-refractivity contribution in [2.45, 2.75) is 79.5 Å². The van der Waals surface area contributed by atoms with Gasteiger partial charge in [0, 0.05) is 24.1 Å². The molecule has 1 aliphatic heterocycles. The van der Waals surface area contributed by atoms with Gasteiger partial charge >= 0.3 is 6.18 Å². The Bertz CT molecular complexity index is 1960. The van der Waals surface area contributed by atoms with Crippen LogP contribution in [0.3, 0.4) is 0 Å². The lowest BCUT2D eigenvalue weighted by Gasteiger charge is -2.43. The summed E-state index contributed by atoms with van der Waals surface area (Å²) in [6.45, 7) is -0.581. The maximum Gasteiger partial charge on any atom is 0.416 e. The second kappa shape index (κ2) is 13.0. The molecule has 2 fully saturated rings. The lowest BCUT2D eigenvalue weighted by molar-refractivity contribution is -0.139. The molecule has 1 N–H and O–H groups in total. The van der Waals surface area contributed by atoms with E-state index in [1.54, 1.807) is 17.0 Å². The van der Waals surface area contributed by atoms with Crippen molar-refractivity contribution in [3.05, 3.63) is 94.6 Å². The van der Waals surface area contributed by atoms with Crippen molar-refractivity contribution in [2.24, 2.45) is 5.92 Å². The number of nitrogens with one attached hydrogen (secondary N) is 1. The summed E-state index contributed by atoms with van der Waals surface area (Å²) in [5.41, 5.74) is -0.841. The van der Waals surface area contributed by atoms with Crippen LogP contribution in [0.25, 0.3) is 0 Å². The van der Waals surface area contributed by atoms with Crippen LogP contribution in [0.4, 0.5) is 22.0 Å². The van der Waals surface area contributed by atoms with Crippen LogP contribution < -0.4 is 9.46 Å². The molecule has 6 rings (SSSR count). The van der Waals surface area contributed by atoms with E-state index in [2.05, 4.69) is 4.72 Å². The van der Waals surface area contributed by atoms with Crippen molar-refractivity contribution in [2.75, 3.05) is 12.8 Å². The van der Waals surface area contributed by atoms with Crippen LogP contribution in [0, 0.1) is 17.6 Å². The number of hydrogen-bond acceptors (Lipinski definition) is 6. The van der Waals surface area contributed by atoms with E-state index in [4.69, 9.17) is 4.74 Å². The van der Waals surface area contributed by atoms with Gasteiger partial charge in [-0.2, -0.15) is 13.2 Å². The number of ether oxygens (including phenoxy) is 1. The number of likely N-dealkylation sites (tertiary alicyclic amines) is 1. The molecule has 1 heterocycles. The first kappa shape index (κ1) is 35.3. The highest BCUT2D eigenvalue weighted by atomic mass is 32.2. The first-order chi connectivity index (χ1) is 23.0. The molecular weight excluding hydrogens is 692 g/mol. The number of aryl methyl sites for hydroxylation is 1. The van der Waals surface area contributed by atoms with Gasteiger partial charge in [-0.15, -0.1) is 0 Å². The lowest BCUT2D eigenvalue weighted by Crippen LogP contribution is -2.53. The normalized spacial score (nSPS) is 24.3. The highest BCUT2D eigenvalue weighted by molar-refractivity contribution is 7.92. The Morgan fingerprint density at radius 2 is 1.65 bits per heavy atom. The fraction of sp³-hybridized carbons (Fsp3) is 0.441. The third-order valence-corrected chi connectivity index (χ3v) is 13.3. The number of rotatable bonds is 8. The van der Waals surface area contributed by atoms with Gasteiger partial charge in [-0.05, 0) is 105 Å². The molecule has 0 radical (unpaired) electrons. The number of nitrogens with zero attached hydrogens (tertiary/aromatic N) is 1. The fourth-order valence-electron chi connectivity index (χ4n) is 7.80. The average Bonchev–Trinajstić information content (AvgIpc) is 3.45. The van der Waals surface area contributed by atoms with Crippen molar-refractivity contribution >= 4 is 25.8 Å². The highest BCUT2D eigenvalue weighted by Crippen LogP contribution is 2.53. The predicted octanol–water partition coefficient (Wildman–Crippen LogP) is 5.89. The van der Waals surface area contributed by atoms with E-state index in [0.29, 0.717) is 43.2 Å². The van der Waals surface area contributed by atoms with E-state index in [9.17, 15) is 43.6 Å². The zero-order valence-corrected chi connectivity index (χ0v) is 28.1. The van der Waals surface area contributed by atoms with E-state index in [1.165, 1.54) is 18.2 Å². The molecule has 0 bridgehead atoms. The molecule has 1 saturated carbocycles. The van der Waals surface area contributed by atoms with Crippen molar-refractivity contribution in [1.82, 2.24) is 9.62 Å². The smallest absolute Gasteiger partial charge is 0.416 e. The molecule has 3 aromatic carbocycles. The monoisotopic (exact) mass is 726 g/mol. The number of sulfone groups is 1. The number of halogens is 5. The molecule has 0 unspecified atom stereocenters. The van der Waals surface area contributed by atoms with Crippen LogP contribution in [-0.2, 0) is 48.6 Å². The second-order valence-corrected chi connectivity index (χ2v) is 17.0. The minimum atomic E-state index is -4.80. The van der Waals surface area contributed by atoms with Gasteiger partial charge < -0.3 is 9.64 Å². The van der Waals surface area contributed by atoms with Crippen molar-refractivity contribution in [3.8, 4) is 5.75 Å². The average molecular weight is 727 g/mol. The van der Waals surface area contributed by atoms with Gasteiger partial charge in [0.25, 0.3) is 0 Å². The largest absolute Gasteiger partial charge is 0.489 e. The number of alkyl halides is 3. The number of fused-ring (bicyclic) bond motifs is 3. The van der Waals surface area contributed by atoms with Crippen LogP contribution in [0.5, 0.6) is 5.75 Å². The van der Waals surface area contributed by atoms with E-state index in [0.717, 1.165) is 36.6 Å². The zero-order valence-electron chi connectivity index (χ0n) is 26.5. The number of benzene rings is 3. The van der Waals surface area contributed by atoms with Gasteiger partial charge in [0.05, 0.1) is 22.8 Å². The molecule has 8 nitrogen and oxygen atoms in total. The number of carbonyl (C=O) groups excluding carboxylic acids is 1.